The lowest BCUT2D eigenvalue weighted by atomic mass is 9.91. The number of hydrogen-bond acceptors (Lipinski definition) is 2. The number of fused-ring (bicyclic) bond motifs is 2. The van der Waals surface area contributed by atoms with E-state index in [2.05, 4.69) is 76.3 Å². The van der Waals surface area contributed by atoms with E-state index in [0.717, 1.165) is 95.0 Å². The van der Waals surface area contributed by atoms with Gasteiger partial charge in [-0.3, -0.25) is 0 Å². The van der Waals surface area contributed by atoms with Crippen LogP contribution in [0.3, 0.4) is 0 Å². The predicted octanol–water partition coefficient (Wildman–Crippen LogP) is 14.7. The molecule has 72 heavy (non-hydrogen) atoms. The van der Waals surface area contributed by atoms with Crippen molar-refractivity contribution in [1.82, 2.24) is 0 Å². The van der Waals surface area contributed by atoms with E-state index < -0.39 is 28.9 Å². The number of aromatic nitrogens is 4. The van der Waals surface area contributed by atoms with Crippen molar-refractivity contribution in [2.24, 2.45) is 0 Å². The highest BCUT2D eigenvalue weighted by atomic mass is 32.1. The van der Waals surface area contributed by atoms with Crippen LogP contribution in [-0.4, -0.2) is 17.8 Å². The van der Waals surface area contributed by atoms with Gasteiger partial charge in [0.05, 0.1) is 0 Å². The smallest absolute Gasteiger partial charge is 0.205 e. The summed E-state index contributed by atoms with van der Waals surface area (Å²) < 4.78 is 107. The van der Waals surface area contributed by atoms with E-state index >= 15 is 26.3 Å². The normalized spacial score (nSPS) is 15.0. The van der Waals surface area contributed by atoms with Gasteiger partial charge < -0.3 is 0 Å². The van der Waals surface area contributed by atoms with Crippen LogP contribution in [0.5, 0.6) is 0 Å². The van der Waals surface area contributed by atoms with E-state index in [4.69, 9.17) is 0 Å². The number of unbranched alkanes of at least 4 members (excludes halogenated alkanes) is 2. The molecule has 0 aliphatic heterocycles. The molecule has 1 aliphatic rings. The molecule has 0 amide bonds. The Morgan fingerprint density at radius 3 is 1.24 bits per heavy atom. The standard InChI is InChI=1S/C60H54F6N4S2/c1-5-7-26-67-29-18-44(19-30-67)45-20-31-68(32-21-45)27-8-9-28-69-33-22-46(23-34-69)48-14-16-50-52(37-48)71-40(3)54(50)56-57(59(63,64)60(65,66)58(56,61)62)55-41(4)72-53-38-49(15-17-51(53)55)47-24-35-70(36-25-47)39-43-12-10-42(6-2)11-13-43/h6,10-25,29-38H,2,5,7-9,26-28,39H2,1,3-4H3/q+4. The highest BCUT2D eigenvalue weighted by molar-refractivity contribution is 7.19. The zero-order valence-electron chi connectivity index (χ0n) is 40.3. The second-order valence-electron chi connectivity index (χ2n) is 18.7. The van der Waals surface area contributed by atoms with Crippen molar-refractivity contribution in [2.75, 3.05) is 0 Å². The Labute approximate surface area is 423 Å². The van der Waals surface area contributed by atoms with E-state index in [1.165, 1.54) is 31.4 Å². The van der Waals surface area contributed by atoms with Crippen molar-refractivity contribution >= 4 is 60.1 Å². The Kier molecular flexibility index (Phi) is 13.4. The molecule has 10 rings (SSSR count). The van der Waals surface area contributed by atoms with Crippen LogP contribution in [0.2, 0.25) is 0 Å². The first kappa shape index (κ1) is 48.8. The first-order valence-electron chi connectivity index (χ1n) is 24.3. The van der Waals surface area contributed by atoms with Crippen LogP contribution in [0.15, 0.2) is 165 Å². The Hall–Kier alpha value is -6.76. The number of hydrogen-bond donors (Lipinski definition) is 0. The Balaban J connectivity index is 0.868. The minimum Gasteiger partial charge on any atom is -0.205 e. The molecule has 3 aromatic carbocycles. The van der Waals surface area contributed by atoms with Crippen LogP contribution in [0.25, 0.3) is 70.8 Å². The summed E-state index contributed by atoms with van der Waals surface area (Å²) in [4.78, 5) is 0.504. The number of aryl methyl sites for hydroxylation is 5. The highest BCUT2D eigenvalue weighted by Gasteiger charge is 2.80. The van der Waals surface area contributed by atoms with E-state index in [9.17, 15) is 0 Å². The van der Waals surface area contributed by atoms with Crippen molar-refractivity contribution in [3.63, 3.8) is 0 Å². The van der Waals surface area contributed by atoms with Crippen LogP contribution in [-0.2, 0) is 26.2 Å². The van der Waals surface area contributed by atoms with Crippen molar-refractivity contribution < 1.29 is 44.6 Å². The number of benzene rings is 3. The lowest BCUT2D eigenvalue weighted by Crippen LogP contribution is -2.48. The molecule has 0 fully saturated rings. The second-order valence-corrected chi connectivity index (χ2v) is 21.2. The topological polar surface area (TPSA) is 15.5 Å². The molecule has 0 atom stereocenters. The van der Waals surface area contributed by atoms with Gasteiger partial charge in [-0.15, -0.1) is 22.7 Å². The predicted molar refractivity (Wildman–Crippen MR) is 278 cm³/mol. The number of pyridine rings is 4. The van der Waals surface area contributed by atoms with Gasteiger partial charge in [0, 0.05) is 126 Å². The molecule has 0 saturated heterocycles. The van der Waals surface area contributed by atoms with Gasteiger partial charge in [-0.1, -0.05) is 74.5 Å². The molecule has 6 aromatic heterocycles. The molecule has 364 valence electrons. The maximum atomic E-state index is 16.4. The van der Waals surface area contributed by atoms with Crippen molar-refractivity contribution in [3.05, 3.63) is 197 Å². The maximum absolute atomic E-state index is 16.4. The number of halogens is 6. The average Bonchev–Trinajstić information content (AvgIpc) is 3.92. The highest BCUT2D eigenvalue weighted by Crippen LogP contribution is 2.67. The fourth-order valence-corrected chi connectivity index (χ4v) is 12.1. The molecular weight excluding hydrogens is 955 g/mol. The fraction of sp³-hybridized carbons (Fsp3) is 0.233. The van der Waals surface area contributed by atoms with Gasteiger partial charge in [0.15, 0.2) is 56.1 Å². The van der Waals surface area contributed by atoms with Gasteiger partial charge in [0.1, 0.15) is 19.6 Å². The second kappa shape index (κ2) is 19.7. The number of alkyl halides is 6. The van der Waals surface area contributed by atoms with Crippen LogP contribution in [0.4, 0.5) is 26.3 Å². The number of thiophene rings is 2. The Bertz CT molecular complexity index is 3470. The minimum atomic E-state index is -5.68. The van der Waals surface area contributed by atoms with Crippen LogP contribution in [0, 0.1) is 13.8 Å². The Morgan fingerprint density at radius 2 is 0.847 bits per heavy atom. The fourth-order valence-electron chi connectivity index (χ4n) is 9.86. The number of nitrogens with zero attached hydrogens (tertiary/aromatic N) is 4. The molecule has 0 radical (unpaired) electrons. The lowest BCUT2D eigenvalue weighted by molar-refractivity contribution is -0.708. The SMILES string of the molecule is C=Cc1ccc(C[n+]2ccc(-c3ccc4c(C5=C(c6c(C)sc7cc(-c8cc[n+](CCCC[n+]9ccc(-c%10cc[n+](CCCC)cc%10)cc9)cc8)ccc67)C(F)(F)C(F)(F)C5(F)F)c(C)sc4c3)cc2)cc1. The minimum absolute atomic E-state index is 0.222. The molecular formula is C60H54F6N4S2+4. The third kappa shape index (κ3) is 9.08. The molecule has 0 saturated carbocycles. The van der Waals surface area contributed by atoms with Gasteiger partial charge >= 0.3 is 17.8 Å². The van der Waals surface area contributed by atoms with Crippen LogP contribution >= 0.6 is 22.7 Å². The molecule has 6 heterocycles. The van der Waals surface area contributed by atoms with E-state index in [-0.39, 0.29) is 31.7 Å². The number of allylic oxidation sites excluding steroid dienone is 2. The zero-order chi connectivity index (χ0) is 50.4. The van der Waals surface area contributed by atoms with E-state index in [1.54, 1.807) is 36.4 Å². The van der Waals surface area contributed by atoms with Crippen LogP contribution < -0.4 is 18.3 Å². The van der Waals surface area contributed by atoms with Gasteiger partial charge in [-0.2, -0.15) is 26.3 Å². The van der Waals surface area contributed by atoms with Gasteiger partial charge in [-0.25, -0.2) is 18.3 Å². The molecule has 1 aliphatic carbocycles. The first-order valence-corrected chi connectivity index (χ1v) is 25.9. The van der Waals surface area contributed by atoms with Crippen molar-refractivity contribution in [2.45, 2.75) is 90.4 Å². The summed E-state index contributed by atoms with van der Waals surface area (Å²) in [6.45, 7) is 12.4. The van der Waals surface area contributed by atoms with Gasteiger partial charge in [0.25, 0.3) is 0 Å². The zero-order valence-corrected chi connectivity index (χ0v) is 42.0. The molecule has 0 bridgehead atoms. The lowest BCUT2D eigenvalue weighted by Gasteiger charge is -2.26. The van der Waals surface area contributed by atoms with E-state index in [1.807, 2.05) is 84.0 Å². The summed E-state index contributed by atoms with van der Waals surface area (Å²) in [7, 11) is 0. The molecule has 0 N–H and O–H groups in total. The van der Waals surface area contributed by atoms with Gasteiger partial charge in [-0.05, 0) is 64.9 Å². The molecule has 0 spiro atoms. The quantitative estimate of drug-likeness (QED) is 0.0521. The van der Waals surface area contributed by atoms with Crippen molar-refractivity contribution in [1.29, 1.82) is 0 Å². The summed E-state index contributed by atoms with van der Waals surface area (Å²) in [6, 6.07) is 34.8. The summed E-state index contributed by atoms with van der Waals surface area (Å²) in [5.74, 6) is -16.0. The number of rotatable bonds is 16. The third-order valence-corrected chi connectivity index (χ3v) is 16.0. The molecule has 9 aromatic rings. The van der Waals surface area contributed by atoms with Crippen molar-refractivity contribution in [3.8, 4) is 33.4 Å². The largest absolute Gasteiger partial charge is 0.380 e. The monoisotopic (exact) mass is 1010 g/mol. The molecule has 0 unspecified atom stereocenters. The molecule has 4 nitrogen and oxygen atoms in total. The average molecular weight is 1010 g/mol. The van der Waals surface area contributed by atoms with Gasteiger partial charge in [0.2, 0.25) is 0 Å². The van der Waals surface area contributed by atoms with E-state index in [0.29, 0.717) is 15.9 Å². The maximum Gasteiger partial charge on any atom is 0.380 e. The summed E-state index contributed by atoms with van der Waals surface area (Å²) in [6.07, 6.45) is 22.5. The Morgan fingerprint density at radius 1 is 0.472 bits per heavy atom. The van der Waals surface area contributed by atoms with Crippen LogP contribution in [0.1, 0.15) is 64.6 Å². The third-order valence-electron chi connectivity index (χ3n) is 13.9. The first-order chi connectivity index (χ1) is 34.7. The summed E-state index contributed by atoms with van der Waals surface area (Å²) in [5, 5.41) is 0.449. The summed E-state index contributed by atoms with van der Waals surface area (Å²) >= 11 is 2.26. The summed E-state index contributed by atoms with van der Waals surface area (Å²) in [5.41, 5.74) is 4.64. The molecule has 12 heteroatoms.